The Morgan fingerprint density at radius 2 is 2.00 bits per heavy atom. The summed E-state index contributed by atoms with van der Waals surface area (Å²) in [7, 11) is 0. The molecular formula is C22H23F4N5O2. The van der Waals surface area contributed by atoms with Crippen molar-refractivity contribution >= 4 is 23.6 Å². The molecule has 0 bridgehead atoms. The van der Waals surface area contributed by atoms with Crippen LogP contribution in [0.3, 0.4) is 0 Å². The monoisotopic (exact) mass is 465 g/mol. The van der Waals surface area contributed by atoms with E-state index in [4.69, 9.17) is 0 Å². The zero-order valence-electron chi connectivity index (χ0n) is 17.9. The van der Waals surface area contributed by atoms with Crippen LogP contribution in [-0.2, 0) is 11.0 Å². The van der Waals surface area contributed by atoms with Crippen LogP contribution in [-0.4, -0.2) is 45.9 Å². The normalized spacial score (nSPS) is 18.7. The molecule has 7 nitrogen and oxygen atoms in total. The number of anilines is 2. The van der Waals surface area contributed by atoms with Gasteiger partial charge in [-0.1, -0.05) is 13.3 Å². The van der Waals surface area contributed by atoms with Crippen molar-refractivity contribution in [1.82, 2.24) is 14.9 Å². The number of amides is 3. The molecule has 2 aliphatic rings. The number of pyridine rings is 2. The molecule has 11 heteroatoms. The highest BCUT2D eigenvalue weighted by molar-refractivity contribution is 5.99. The van der Waals surface area contributed by atoms with E-state index in [0.29, 0.717) is 36.8 Å². The lowest BCUT2D eigenvalue weighted by molar-refractivity contribution is -0.138. The third-order valence-corrected chi connectivity index (χ3v) is 5.75. The Labute approximate surface area is 187 Å². The Morgan fingerprint density at radius 3 is 2.64 bits per heavy atom. The van der Waals surface area contributed by atoms with Crippen LogP contribution in [0.1, 0.15) is 49.7 Å². The molecule has 1 atom stereocenters. The number of hydrogen-bond acceptors (Lipinski definition) is 4. The van der Waals surface area contributed by atoms with Crippen molar-refractivity contribution in [2.45, 2.75) is 50.7 Å². The topological polar surface area (TPSA) is 78.4 Å². The standard InChI is InChI=1S/C22H23F4N5O2/c1-2-3-16-11-31(20-17(23)9-15(10-28-20)22(24,25)26)21(33)30(16)12-19(32)29-18-8-14(6-7-27-18)13-4-5-13/h6-10,13,16H,2-5,11-12H2,1H3,(H,27,29,32)/t16-/m0/s1. The van der Waals surface area contributed by atoms with E-state index in [1.807, 2.05) is 13.0 Å². The summed E-state index contributed by atoms with van der Waals surface area (Å²) in [5.41, 5.74) is -0.144. The van der Waals surface area contributed by atoms with Crippen molar-refractivity contribution in [1.29, 1.82) is 0 Å². The van der Waals surface area contributed by atoms with Gasteiger partial charge in [0.25, 0.3) is 0 Å². The van der Waals surface area contributed by atoms with Crippen LogP contribution in [0, 0.1) is 5.82 Å². The molecule has 1 aliphatic heterocycles. The summed E-state index contributed by atoms with van der Waals surface area (Å²) in [5, 5.41) is 2.69. The fraction of sp³-hybridized carbons (Fsp3) is 0.455. The molecule has 33 heavy (non-hydrogen) atoms. The average Bonchev–Trinajstić information content (AvgIpc) is 3.56. The molecule has 2 aromatic rings. The predicted octanol–water partition coefficient (Wildman–Crippen LogP) is 4.56. The van der Waals surface area contributed by atoms with Gasteiger partial charge in [-0.3, -0.25) is 9.69 Å². The molecule has 4 rings (SSSR count). The van der Waals surface area contributed by atoms with Crippen molar-refractivity contribution in [3.8, 4) is 0 Å². The third-order valence-electron chi connectivity index (χ3n) is 5.75. The van der Waals surface area contributed by atoms with Crippen LogP contribution in [0.25, 0.3) is 0 Å². The highest BCUT2D eigenvalue weighted by Gasteiger charge is 2.41. The summed E-state index contributed by atoms with van der Waals surface area (Å²) >= 11 is 0. The number of nitrogens with one attached hydrogen (secondary N) is 1. The molecule has 1 N–H and O–H groups in total. The van der Waals surface area contributed by atoms with Gasteiger partial charge in [0.15, 0.2) is 11.6 Å². The molecule has 176 valence electrons. The Balaban J connectivity index is 1.49. The van der Waals surface area contributed by atoms with E-state index < -0.39 is 41.4 Å². The van der Waals surface area contributed by atoms with E-state index in [-0.39, 0.29) is 13.1 Å². The summed E-state index contributed by atoms with van der Waals surface area (Å²) in [5.74, 6) is -1.34. The first kappa shape index (κ1) is 22.9. The quantitative estimate of drug-likeness (QED) is 0.608. The molecule has 1 saturated heterocycles. The smallest absolute Gasteiger partial charge is 0.310 e. The Morgan fingerprint density at radius 1 is 1.24 bits per heavy atom. The van der Waals surface area contributed by atoms with Crippen LogP contribution in [0.2, 0.25) is 0 Å². The molecule has 0 radical (unpaired) electrons. The fourth-order valence-electron chi connectivity index (χ4n) is 3.96. The van der Waals surface area contributed by atoms with E-state index in [2.05, 4.69) is 15.3 Å². The van der Waals surface area contributed by atoms with Crippen LogP contribution in [0.5, 0.6) is 0 Å². The minimum atomic E-state index is -4.75. The number of aromatic nitrogens is 2. The van der Waals surface area contributed by atoms with Crippen LogP contribution < -0.4 is 10.2 Å². The van der Waals surface area contributed by atoms with E-state index in [9.17, 15) is 27.2 Å². The Hall–Kier alpha value is -3.24. The number of urea groups is 1. The van der Waals surface area contributed by atoms with Gasteiger partial charge >= 0.3 is 12.2 Å². The molecule has 2 aromatic heterocycles. The number of halogens is 4. The fourth-order valence-corrected chi connectivity index (χ4v) is 3.96. The van der Waals surface area contributed by atoms with Gasteiger partial charge in [-0.05, 0) is 48.9 Å². The summed E-state index contributed by atoms with van der Waals surface area (Å²) in [6.07, 6.45) is 0.789. The first-order chi connectivity index (χ1) is 15.7. The second kappa shape index (κ2) is 8.95. The molecule has 0 aromatic carbocycles. The SMILES string of the molecule is CCC[C@H]1CN(c2ncc(C(F)(F)F)cc2F)C(=O)N1CC(=O)Nc1cc(C2CC2)ccn1. The van der Waals surface area contributed by atoms with E-state index in [0.717, 1.165) is 23.3 Å². The number of carbonyl (C=O) groups excluding carboxylic acids is 2. The molecule has 1 saturated carbocycles. The van der Waals surface area contributed by atoms with Crippen LogP contribution in [0.15, 0.2) is 30.6 Å². The summed E-state index contributed by atoms with van der Waals surface area (Å²) in [4.78, 5) is 35.6. The van der Waals surface area contributed by atoms with Gasteiger partial charge in [-0.2, -0.15) is 13.2 Å². The maximum atomic E-state index is 14.4. The second-order valence-electron chi connectivity index (χ2n) is 8.29. The molecular weight excluding hydrogens is 442 g/mol. The van der Waals surface area contributed by atoms with E-state index in [1.165, 1.54) is 4.90 Å². The predicted molar refractivity (Wildman–Crippen MR) is 112 cm³/mol. The van der Waals surface area contributed by atoms with Crippen molar-refractivity contribution in [2.24, 2.45) is 0 Å². The minimum Gasteiger partial charge on any atom is -0.310 e. The van der Waals surface area contributed by atoms with Crippen molar-refractivity contribution in [2.75, 3.05) is 23.3 Å². The molecule has 1 aliphatic carbocycles. The second-order valence-corrected chi connectivity index (χ2v) is 8.29. The van der Waals surface area contributed by atoms with Crippen LogP contribution in [0.4, 0.5) is 34.0 Å². The summed E-state index contributed by atoms with van der Waals surface area (Å²) < 4.78 is 52.9. The minimum absolute atomic E-state index is 0.0185. The summed E-state index contributed by atoms with van der Waals surface area (Å²) in [6, 6.07) is 2.92. The van der Waals surface area contributed by atoms with Gasteiger partial charge in [-0.25, -0.2) is 19.2 Å². The molecule has 0 unspecified atom stereocenters. The lowest BCUT2D eigenvalue weighted by Crippen LogP contribution is -2.41. The number of alkyl halides is 3. The Kier molecular flexibility index (Phi) is 6.22. The van der Waals surface area contributed by atoms with Gasteiger partial charge in [0.05, 0.1) is 11.6 Å². The van der Waals surface area contributed by atoms with Gasteiger partial charge in [0.2, 0.25) is 5.91 Å². The lowest BCUT2D eigenvalue weighted by Gasteiger charge is -2.22. The van der Waals surface area contributed by atoms with E-state index in [1.54, 1.807) is 12.3 Å². The van der Waals surface area contributed by atoms with Crippen molar-refractivity contribution in [3.63, 3.8) is 0 Å². The van der Waals surface area contributed by atoms with Crippen molar-refractivity contribution in [3.05, 3.63) is 47.5 Å². The lowest BCUT2D eigenvalue weighted by atomic mass is 10.1. The zero-order chi connectivity index (χ0) is 23.8. The van der Waals surface area contributed by atoms with Crippen molar-refractivity contribution < 1.29 is 27.2 Å². The highest BCUT2D eigenvalue weighted by Crippen LogP contribution is 2.40. The highest BCUT2D eigenvalue weighted by atomic mass is 19.4. The zero-order valence-corrected chi connectivity index (χ0v) is 17.9. The first-order valence-electron chi connectivity index (χ1n) is 10.7. The third kappa shape index (κ3) is 5.07. The number of nitrogens with zero attached hydrogens (tertiary/aromatic N) is 4. The van der Waals surface area contributed by atoms with E-state index >= 15 is 0 Å². The molecule has 0 spiro atoms. The molecule has 3 heterocycles. The number of rotatable bonds is 7. The van der Waals surface area contributed by atoms with Gasteiger partial charge < -0.3 is 10.2 Å². The maximum Gasteiger partial charge on any atom is 0.417 e. The molecule has 2 fully saturated rings. The first-order valence-corrected chi connectivity index (χ1v) is 10.7. The van der Waals surface area contributed by atoms with Crippen LogP contribution >= 0.6 is 0 Å². The Bertz CT molecular complexity index is 1060. The number of hydrogen-bond donors (Lipinski definition) is 1. The number of carbonyl (C=O) groups is 2. The largest absolute Gasteiger partial charge is 0.417 e. The maximum absolute atomic E-state index is 14.4. The average molecular weight is 465 g/mol. The van der Waals surface area contributed by atoms with Gasteiger partial charge in [0, 0.05) is 18.9 Å². The molecule has 3 amide bonds. The van der Waals surface area contributed by atoms with Gasteiger partial charge in [-0.15, -0.1) is 0 Å². The summed E-state index contributed by atoms with van der Waals surface area (Å²) in [6.45, 7) is 1.62. The van der Waals surface area contributed by atoms with Gasteiger partial charge in [0.1, 0.15) is 12.4 Å².